The molecule has 1 aromatic carbocycles. The third kappa shape index (κ3) is 4.93. The van der Waals surface area contributed by atoms with E-state index in [1.165, 1.54) is 0 Å². The van der Waals surface area contributed by atoms with E-state index in [1.54, 1.807) is 25.1 Å². The van der Waals surface area contributed by atoms with Crippen molar-refractivity contribution in [2.45, 2.75) is 40.2 Å². The van der Waals surface area contributed by atoms with Gasteiger partial charge in [-0.2, -0.15) is 0 Å². The van der Waals surface area contributed by atoms with Crippen LogP contribution in [0.3, 0.4) is 0 Å². The summed E-state index contributed by atoms with van der Waals surface area (Å²) in [4.78, 5) is 21.0. The standard InChI is InChI=1S/C17H21ClN4O/c1-10-6-7-12(18)8-13(10)21-16(23)14-9-15(20-11(2)19-14)22-17(3,4)5/h6-9H,1-5H3,(H,21,23)(H,19,20,22). The smallest absolute Gasteiger partial charge is 0.274 e. The second kappa shape index (κ2) is 6.54. The molecular weight excluding hydrogens is 312 g/mol. The minimum Gasteiger partial charge on any atom is -0.365 e. The molecular formula is C17H21ClN4O. The first kappa shape index (κ1) is 17.2. The van der Waals surface area contributed by atoms with E-state index in [-0.39, 0.29) is 11.4 Å². The molecule has 0 aliphatic carbocycles. The van der Waals surface area contributed by atoms with Crippen LogP contribution in [0.2, 0.25) is 5.02 Å². The minimum atomic E-state index is -0.294. The number of hydrogen-bond donors (Lipinski definition) is 2. The van der Waals surface area contributed by atoms with E-state index < -0.39 is 0 Å². The third-order valence-corrected chi connectivity index (χ3v) is 3.26. The molecule has 0 fully saturated rings. The fourth-order valence-electron chi connectivity index (χ4n) is 2.05. The number of halogens is 1. The second-order valence-electron chi connectivity index (χ2n) is 6.47. The van der Waals surface area contributed by atoms with Gasteiger partial charge >= 0.3 is 0 Å². The Balaban J connectivity index is 2.27. The van der Waals surface area contributed by atoms with Gasteiger partial charge in [0.15, 0.2) is 0 Å². The molecule has 0 radical (unpaired) electrons. The maximum absolute atomic E-state index is 12.5. The van der Waals surface area contributed by atoms with Crippen molar-refractivity contribution in [2.75, 3.05) is 10.6 Å². The van der Waals surface area contributed by atoms with Crippen molar-refractivity contribution in [3.8, 4) is 0 Å². The van der Waals surface area contributed by atoms with Crippen LogP contribution in [0.1, 0.15) is 42.6 Å². The molecule has 0 aliphatic rings. The lowest BCUT2D eigenvalue weighted by molar-refractivity contribution is 0.102. The van der Waals surface area contributed by atoms with Gasteiger partial charge in [0.2, 0.25) is 0 Å². The molecule has 122 valence electrons. The number of carbonyl (C=O) groups excluding carboxylic acids is 1. The highest BCUT2D eigenvalue weighted by molar-refractivity contribution is 6.31. The molecule has 1 aromatic heterocycles. The Labute approximate surface area is 141 Å². The molecule has 0 bridgehead atoms. The average molecular weight is 333 g/mol. The molecule has 0 saturated heterocycles. The normalized spacial score (nSPS) is 11.2. The van der Waals surface area contributed by atoms with Crippen LogP contribution in [0.25, 0.3) is 0 Å². The predicted molar refractivity (Wildman–Crippen MR) is 94.3 cm³/mol. The molecule has 0 unspecified atom stereocenters. The molecule has 5 nitrogen and oxygen atoms in total. The van der Waals surface area contributed by atoms with Gasteiger partial charge in [0.05, 0.1) is 0 Å². The molecule has 2 rings (SSSR count). The first-order chi connectivity index (χ1) is 10.6. The first-order valence-corrected chi connectivity index (χ1v) is 7.73. The van der Waals surface area contributed by atoms with Crippen LogP contribution in [0.5, 0.6) is 0 Å². The SMILES string of the molecule is Cc1nc(NC(C)(C)C)cc(C(=O)Nc2cc(Cl)ccc2C)n1. The number of anilines is 2. The largest absolute Gasteiger partial charge is 0.365 e. The summed E-state index contributed by atoms with van der Waals surface area (Å²) < 4.78 is 0. The highest BCUT2D eigenvalue weighted by atomic mass is 35.5. The fourth-order valence-corrected chi connectivity index (χ4v) is 2.22. The van der Waals surface area contributed by atoms with E-state index in [2.05, 4.69) is 20.6 Å². The monoisotopic (exact) mass is 332 g/mol. The van der Waals surface area contributed by atoms with Crippen LogP contribution < -0.4 is 10.6 Å². The van der Waals surface area contributed by atoms with E-state index in [0.29, 0.717) is 28.0 Å². The van der Waals surface area contributed by atoms with Gasteiger partial charge in [-0.05, 0) is 52.3 Å². The lowest BCUT2D eigenvalue weighted by Gasteiger charge is -2.21. The summed E-state index contributed by atoms with van der Waals surface area (Å²) in [7, 11) is 0. The Hall–Kier alpha value is -2.14. The Morgan fingerprint density at radius 1 is 1.13 bits per heavy atom. The van der Waals surface area contributed by atoms with Crippen LogP contribution in [0.4, 0.5) is 11.5 Å². The lowest BCUT2D eigenvalue weighted by atomic mass is 10.1. The summed E-state index contributed by atoms with van der Waals surface area (Å²) in [5.74, 6) is 0.864. The van der Waals surface area contributed by atoms with E-state index in [4.69, 9.17) is 11.6 Å². The van der Waals surface area contributed by atoms with Gasteiger partial charge in [-0.3, -0.25) is 4.79 Å². The molecule has 2 N–H and O–H groups in total. The topological polar surface area (TPSA) is 66.9 Å². The van der Waals surface area contributed by atoms with Gasteiger partial charge in [0.1, 0.15) is 17.3 Å². The number of carbonyl (C=O) groups is 1. The zero-order valence-electron chi connectivity index (χ0n) is 14.0. The minimum absolute atomic E-state index is 0.155. The van der Waals surface area contributed by atoms with Crippen LogP contribution in [0.15, 0.2) is 24.3 Å². The summed E-state index contributed by atoms with van der Waals surface area (Å²) in [5, 5.41) is 6.66. The molecule has 0 atom stereocenters. The highest BCUT2D eigenvalue weighted by Gasteiger charge is 2.15. The maximum Gasteiger partial charge on any atom is 0.274 e. The molecule has 1 heterocycles. The molecule has 0 aliphatic heterocycles. The van der Waals surface area contributed by atoms with E-state index >= 15 is 0 Å². The summed E-state index contributed by atoms with van der Waals surface area (Å²) in [5.41, 5.74) is 1.76. The summed E-state index contributed by atoms with van der Waals surface area (Å²) >= 11 is 5.98. The van der Waals surface area contributed by atoms with E-state index in [1.807, 2.05) is 33.8 Å². The van der Waals surface area contributed by atoms with Gasteiger partial charge in [0.25, 0.3) is 5.91 Å². The Kier molecular flexibility index (Phi) is 4.90. The number of benzene rings is 1. The number of nitrogens with one attached hydrogen (secondary N) is 2. The van der Waals surface area contributed by atoms with Crippen LogP contribution in [-0.4, -0.2) is 21.4 Å². The van der Waals surface area contributed by atoms with Gasteiger partial charge in [-0.15, -0.1) is 0 Å². The van der Waals surface area contributed by atoms with Gasteiger partial charge in [-0.1, -0.05) is 17.7 Å². The zero-order valence-corrected chi connectivity index (χ0v) is 14.7. The van der Waals surface area contributed by atoms with Crippen molar-refractivity contribution in [3.63, 3.8) is 0 Å². The quantitative estimate of drug-likeness (QED) is 0.883. The van der Waals surface area contributed by atoms with Crippen molar-refractivity contribution in [1.82, 2.24) is 9.97 Å². The van der Waals surface area contributed by atoms with Crippen molar-refractivity contribution >= 4 is 29.0 Å². The van der Waals surface area contributed by atoms with Crippen LogP contribution >= 0.6 is 11.6 Å². The third-order valence-electron chi connectivity index (χ3n) is 3.02. The molecule has 0 saturated carbocycles. The Morgan fingerprint density at radius 3 is 2.48 bits per heavy atom. The fraction of sp³-hybridized carbons (Fsp3) is 0.353. The van der Waals surface area contributed by atoms with Gasteiger partial charge < -0.3 is 10.6 Å². The zero-order chi connectivity index (χ0) is 17.2. The molecule has 1 amide bonds. The van der Waals surface area contributed by atoms with Crippen molar-refractivity contribution in [2.24, 2.45) is 0 Å². The van der Waals surface area contributed by atoms with Crippen molar-refractivity contribution in [3.05, 3.63) is 46.4 Å². The molecule has 23 heavy (non-hydrogen) atoms. The first-order valence-electron chi connectivity index (χ1n) is 7.35. The van der Waals surface area contributed by atoms with Crippen LogP contribution in [-0.2, 0) is 0 Å². The maximum atomic E-state index is 12.5. The van der Waals surface area contributed by atoms with E-state index in [0.717, 1.165) is 5.56 Å². The van der Waals surface area contributed by atoms with Crippen LogP contribution in [0, 0.1) is 13.8 Å². The highest BCUT2D eigenvalue weighted by Crippen LogP contribution is 2.21. The lowest BCUT2D eigenvalue weighted by Crippen LogP contribution is -2.27. The molecule has 2 aromatic rings. The van der Waals surface area contributed by atoms with E-state index in [9.17, 15) is 4.79 Å². The summed E-state index contributed by atoms with van der Waals surface area (Å²) in [6.45, 7) is 9.75. The number of aryl methyl sites for hydroxylation is 2. The number of nitrogens with zero attached hydrogens (tertiary/aromatic N) is 2. The number of rotatable bonds is 3. The average Bonchev–Trinajstić information content (AvgIpc) is 2.40. The van der Waals surface area contributed by atoms with Gasteiger partial charge in [0, 0.05) is 22.3 Å². The molecule has 6 heteroatoms. The number of aromatic nitrogens is 2. The Bertz CT molecular complexity index is 738. The second-order valence-corrected chi connectivity index (χ2v) is 6.91. The van der Waals surface area contributed by atoms with Crippen molar-refractivity contribution in [1.29, 1.82) is 0 Å². The number of hydrogen-bond acceptors (Lipinski definition) is 4. The summed E-state index contributed by atoms with van der Waals surface area (Å²) in [6.07, 6.45) is 0. The molecule has 0 spiro atoms. The van der Waals surface area contributed by atoms with Gasteiger partial charge in [-0.25, -0.2) is 9.97 Å². The Morgan fingerprint density at radius 2 is 1.83 bits per heavy atom. The van der Waals surface area contributed by atoms with Crippen molar-refractivity contribution < 1.29 is 4.79 Å². The predicted octanol–water partition coefficient (Wildman–Crippen LogP) is 4.21. The summed E-state index contributed by atoms with van der Waals surface area (Å²) in [6, 6.07) is 7.01. The number of amides is 1.